The number of ether oxygens (including phenoxy) is 3. The predicted molar refractivity (Wildman–Crippen MR) is 84.4 cm³/mol. The Morgan fingerprint density at radius 1 is 1.32 bits per heavy atom. The van der Waals surface area contributed by atoms with E-state index in [9.17, 15) is 4.79 Å². The summed E-state index contributed by atoms with van der Waals surface area (Å²) in [6, 6.07) is 5.62. The maximum atomic E-state index is 11.7. The van der Waals surface area contributed by atoms with Crippen LogP contribution in [0.4, 0.5) is 0 Å². The second-order valence-corrected chi connectivity index (χ2v) is 5.66. The Balaban J connectivity index is 1.58. The summed E-state index contributed by atoms with van der Waals surface area (Å²) in [7, 11) is 1.59. The molecule has 1 amide bonds. The molecule has 22 heavy (non-hydrogen) atoms. The van der Waals surface area contributed by atoms with Crippen LogP contribution in [0.2, 0.25) is 0 Å². The molecule has 1 N–H and O–H groups in total. The van der Waals surface area contributed by atoms with Crippen molar-refractivity contribution < 1.29 is 19.0 Å². The third-order valence-corrected chi connectivity index (χ3v) is 3.52. The molecule has 1 aliphatic rings. The van der Waals surface area contributed by atoms with Crippen molar-refractivity contribution in [3.63, 3.8) is 0 Å². The number of carbonyl (C=O) groups excluding carboxylic acids is 1. The molecule has 0 unspecified atom stereocenters. The molecular weight excluding hydrogens is 282 g/mol. The van der Waals surface area contributed by atoms with Gasteiger partial charge in [-0.05, 0) is 49.8 Å². The third-order valence-electron chi connectivity index (χ3n) is 3.52. The second-order valence-electron chi connectivity index (χ2n) is 5.66. The highest BCUT2D eigenvalue weighted by Gasteiger charge is 2.20. The zero-order chi connectivity index (χ0) is 15.8. The minimum absolute atomic E-state index is 0.0116. The minimum Gasteiger partial charge on any atom is -0.493 e. The summed E-state index contributed by atoms with van der Waals surface area (Å²) >= 11 is 0. The van der Waals surface area contributed by atoms with Gasteiger partial charge in [-0.3, -0.25) is 4.79 Å². The lowest BCUT2D eigenvalue weighted by Gasteiger charge is -2.11. The fourth-order valence-corrected chi connectivity index (χ4v) is 2.02. The van der Waals surface area contributed by atoms with E-state index in [1.165, 1.54) is 12.8 Å². The van der Waals surface area contributed by atoms with Crippen LogP contribution in [-0.2, 0) is 9.53 Å². The normalized spacial score (nSPS) is 13.7. The van der Waals surface area contributed by atoms with Crippen LogP contribution in [0, 0.1) is 12.8 Å². The maximum Gasteiger partial charge on any atom is 0.257 e. The Kier molecular flexibility index (Phi) is 6.52. The largest absolute Gasteiger partial charge is 0.493 e. The van der Waals surface area contributed by atoms with Gasteiger partial charge in [-0.2, -0.15) is 0 Å². The summed E-state index contributed by atoms with van der Waals surface area (Å²) in [4.78, 5) is 11.7. The van der Waals surface area contributed by atoms with Crippen molar-refractivity contribution in [2.45, 2.75) is 26.2 Å². The molecule has 0 bridgehead atoms. The number of rotatable bonds is 10. The highest BCUT2D eigenvalue weighted by molar-refractivity contribution is 5.77. The molecule has 1 aliphatic carbocycles. The molecule has 0 radical (unpaired) electrons. The van der Waals surface area contributed by atoms with Gasteiger partial charge in [-0.25, -0.2) is 0 Å². The molecule has 5 heteroatoms. The Morgan fingerprint density at radius 3 is 2.86 bits per heavy atom. The average Bonchev–Trinajstić information content (AvgIpc) is 3.33. The van der Waals surface area contributed by atoms with Crippen molar-refractivity contribution in [1.29, 1.82) is 0 Å². The lowest BCUT2D eigenvalue weighted by Crippen LogP contribution is -2.30. The van der Waals surface area contributed by atoms with E-state index in [4.69, 9.17) is 14.2 Å². The van der Waals surface area contributed by atoms with Gasteiger partial charge in [0, 0.05) is 19.8 Å². The van der Waals surface area contributed by atoms with Gasteiger partial charge in [-0.15, -0.1) is 0 Å². The van der Waals surface area contributed by atoms with Crippen molar-refractivity contribution in [1.82, 2.24) is 5.32 Å². The average molecular weight is 307 g/mol. The molecule has 0 aromatic heterocycles. The van der Waals surface area contributed by atoms with E-state index in [0.717, 1.165) is 24.5 Å². The van der Waals surface area contributed by atoms with Gasteiger partial charge in [0.2, 0.25) is 0 Å². The summed E-state index contributed by atoms with van der Waals surface area (Å²) in [5, 5.41) is 2.82. The van der Waals surface area contributed by atoms with Crippen LogP contribution in [-0.4, -0.2) is 39.4 Å². The summed E-state index contributed by atoms with van der Waals surface area (Å²) in [5.41, 5.74) is 1.08. The van der Waals surface area contributed by atoms with Crippen LogP contribution in [0.15, 0.2) is 18.2 Å². The molecule has 1 aromatic rings. The molecule has 0 heterocycles. The Bertz CT molecular complexity index is 486. The lowest BCUT2D eigenvalue weighted by molar-refractivity contribution is -0.123. The molecule has 1 fully saturated rings. The van der Waals surface area contributed by atoms with E-state index in [0.29, 0.717) is 24.7 Å². The number of methoxy groups -OCH3 is 1. The van der Waals surface area contributed by atoms with Crippen LogP contribution in [0.25, 0.3) is 0 Å². The Labute approximate surface area is 131 Å². The maximum absolute atomic E-state index is 11.7. The lowest BCUT2D eigenvalue weighted by atomic mass is 10.2. The fraction of sp³-hybridized carbons (Fsp3) is 0.588. The summed E-state index contributed by atoms with van der Waals surface area (Å²) in [5.74, 6) is 1.87. The molecule has 1 aromatic carbocycles. The molecular formula is C17H25NO4. The molecule has 2 rings (SSSR count). The van der Waals surface area contributed by atoms with Gasteiger partial charge in [0.1, 0.15) is 0 Å². The number of nitrogens with one attached hydrogen (secondary N) is 1. The first-order valence-electron chi connectivity index (χ1n) is 7.81. The molecule has 0 spiro atoms. The van der Waals surface area contributed by atoms with Crippen LogP contribution in [0.1, 0.15) is 24.8 Å². The first-order chi connectivity index (χ1) is 10.7. The monoisotopic (exact) mass is 307 g/mol. The van der Waals surface area contributed by atoms with Crippen molar-refractivity contribution >= 4 is 5.91 Å². The number of aryl methyl sites for hydroxylation is 1. The van der Waals surface area contributed by atoms with Gasteiger partial charge in [0.05, 0.1) is 7.11 Å². The Morgan fingerprint density at radius 2 is 2.14 bits per heavy atom. The van der Waals surface area contributed by atoms with E-state index in [2.05, 4.69) is 5.32 Å². The SMILES string of the molecule is COc1cc(C)ccc1OCC(=O)NCCCOCC1CC1. The highest BCUT2D eigenvalue weighted by Crippen LogP contribution is 2.29. The van der Waals surface area contributed by atoms with E-state index < -0.39 is 0 Å². The number of carbonyl (C=O) groups is 1. The Hall–Kier alpha value is -1.75. The zero-order valence-corrected chi connectivity index (χ0v) is 13.4. The molecule has 0 saturated heterocycles. The zero-order valence-electron chi connectivity index (χ0n) is 13.4. The first kappa shape index (κ1) is 16.6. The number of hydrogen-bond acceptors (Lipinski definition) is 4. The van der Waals surface area contributed by atoms with Crippen LogP contribution in [0.3, 0.4) is 0 Å². The number of benzene rings is 1. The summed E-state index contributed by atoms with van der Waals surface area (Å²) in [6.45, 7) is 4.14. The predicted octanol–water partition coefficient (Wildman–Crippen LogP) is 2.32. The van der Waals surface area contributed by atoms with Gasteiger partial charge in [0.15, 0.2) is 18.1 Å². The molecule has 0 aliphatic heterocycles. The fourth-order valence-electron chi connectivity index (χ4n) is 2.02. The topological polar surface area (TPSA) is 56.8 Å². The van der Waals surface area contributed by atoms with Gasteiger partial charge in [0.25, 0.3) is 5.91 Å². The van der Waals surface area contributed by atoms with Gasteiger partial charge in [-0.1, -0.05) is 6.07 Å². The quantitative estimate of drug-likeness (QED) is 0.674. The molecule has 0 atom stereocenters. The van der Waals surface area contributed by atoms with Crippen molar-refractivity contribution in [2.75, 3.05) is 33.5 Å². The molecule has 5 nitrogen and oxygen atoms in total. The smallest absolute Gasteiger partial charge is 0.257 e. The van der Waals surface area contributed by atoms with E-state index in [-0.39, 0.29) is 12.5 Å². The first-order valence-corrected chi connectivity index (χ1v) is 7.81. The minimum atomic E-state index is -0.134. The van der Waals surface area contributed by atoms with Crippen LogP contribution < -0.4 is 14.8 Å². The number of amides is 1. The molecule has 122 valence electrons. The van der Waals surface area contributed by atoms with Crippen LogP contribution >= 0.6 is 0 Å². The van der Waals surface area contributed by atoms with E-state index in [1.807, 2.05) is 25.1 Å². The summed E-state index contributed by atoms with van der Waals surface area (Å²) in [6.07, 6.45) is 3.43. The van der Waals surface area contributed by atoms with Crippen molar-refractivity contribution in [3.8, 4) is 11.5 Å². The third kappa shape index (κ3) is 5.93. The van der Waals surface area contributed by atoms with E-state index in [1.54, 1.807) is 7.11 Å². The highest BCUT2D eigenvalue weighted by atomic mass is 16.5. The second kappa shape index (κ2) is 8.63. The van der Waals surface area contributed by atoms with Gasteiger partial charge >= 0.3 is 0 Å². The summed E-state index contributed by atoms with van der Waals surface area (Å²) < 4.78 is 16.2. The molecule has 1 saturated carbocycles. The number of hydrogen-bond donors (Lipinski definition) is 1. The van der Waals surface area contributed by atoms with Crippen molar-refractivity contribution in [3.05, 3.63) is 23.8 Å². The van der Waals surface area contributed by atoms with Gasteiger partial charge < -0.3 is 19.5 Å². The van der Waals surface area contributed by atoms with Crippen LogP contribution in [0.5, 0.6) is 11.5 Å². The van der Waals surface area contributed by atoms with Crippen molar-refractivity contribution in [2.24, 2.45) is 5.92 Å². The van der Waals surface area contributed by atoms with E-state index >= 15 is 0 Å². The standard InChI is InChI=1S/C17H25NO4/c1-13-4-7-15(16(10-13)20-2)22-12-17(19)18-8-3-9-21-11-14-5-6-14/h4,7,10,14H,3,5-6,8-9,11-12H2,1-2H3,(H,18,19).